The van der Waals surface area contributed by atoms with E-state index in [9.17, 15) is 0 Å². The molecule has 3 rings (SSSR count). The summed E-state index contributed by atoms with van der Waals surface area (Å²) in [6.07, 6.45) is 3.40. The van der Waals surface area contributed by atoms with Crippen molar-refractivity contribution in [2.45, 2.75) is 0 Å². The van der Waals surface area contributed by atoms with Crippen molar-refractivity contribution in [2.24, 2.45) is 0 Å². The summed E-state index contributed by atoms with van der Waals surface area (Å²) in [4.78, 5) is 17.3. The fraction of sp³-hybridized carbons (Fsp3) is 0.357. The Kier molecular flexibility index (Phi) is 3.90. The van der Waals surface area contributed by atoms with Crippen molar-refractivity contribution in [1.29, 1.82) is 0 Å². The van der Waals surface area contributed by atoms with Crippen LogP contribution >= 0.6 is 11.6 Å². The summed E-state index contributed by atoms with van der Waals surface area (Å²) in [6, 6.07) is 3.99. The van der Waals surface area contributed by atoms with Crippen LogP contribution in [-0.4, -0.2) is 53.1 Å². The molecule has 7 heteroatoms. The lowest BCUT2D eigenvalue weighted by Gasteiger charge is -2.33. The molecule has 3 heterocycles. The van der Waals surface area contributed by atoms with E-state index in [-0.39, 0.29) is 11.0 Å². The smallest absolute Gasteiger partial charge is 0.171 e. The van der Waals surface area contributed by atoms with Crippen LogP contribution in [0, 0.1) is 0 Å². The fourth-order valence-electron chi connectivity index (χ4n) is 2.29. The summed E-state index contributed by atoms with van der Waals surface area (Å²) >= 11 is 5.78. The van der Waals surface area contributed by atoms with Gasteiger partial charge in [-0.15, -0.1) is 0 Å². The van der Waals surface area contributed by atoms with E-state index in [1.54, 1.807) is 12.4 Å². The third-order valence-electron chi connectivity index (χ3n) is 3.62. The Balaban J connectivity index is 1.79. The van der Waals surface area contributed by atoms with Crippen molar-refractivity contribution >= 4 is 23.2 Å². The maximum Gasteiger partial charge on any atom is 0.171 e. The first-order valence-electron chi connectivity index (χ1n) is 6.81. The van der Waals surface area contributed by atoms with Gasteiger partial charge in [0, 0.05) is 37.9 Å². The normalized spacial score (nSPS) is 16.2. The molecule has 0 spiro atoms. The summed E-state index contributed by atoms with van der Waals surface area (Å²) in [7, 11) is 2.14. The predicted octanol–water partition coefficient (Wildman–Crippen LogP) is 1.53. The largest absolute Gasteiger partial charge is 0.381 e. The number of nitrogens with two attached hydrogens (primary N) is 1. The zero-order valence-electron chi connectivity index (χ0n) is 11.8. The maximum absolute atomic E-state index is 5.78. The minimum Gasteiger partial charge on any atom is -0.381 e. The van der Waals surface area contributed by atoms with Gasteiger partial charge in [0.2, 0.25) is 0 Å². The van der Waals surface area contributed by atoms with Crippen LogP contribution in [0.25, 0.3) is 11.3 Å². The molecule has 2 N–H and O–H groups in total. The van der Waals surface area contributed by atoms with E-state index >= 15 is 0 Å². The molecule has 1 aliphatic heterocycles. The quantitative estimate of drug-likeness (QED) is 0.907. The summed E-state index contributed by atoms with van der Waals surface area (Å²) < 4.78 is 0. The molecule has 21 heavy (non-hydrogen) atoms. The van der Waals surface area contributed by atoms with Gasteiger partial charge in [0.25, 0.3) is 0 Å². The number of rotatable bonds is 2. The molecular weight excluding hydrogens is 288 g/mol. The molecule has 0 bridgehead atoms. The second kappa shape index (κ2) is 5.83. The number of piperazine rings is 1. The topological polar surface area (TPSA) is 71.2 Å². The van der Waals surface area contributed by atoms with E-state index in [1.165, 1.54) is 0 Å². The molecule has 110 valence electrons. The van der Waals surface area contributed by atoms with Gasteiger partial charge in [-0.05, 0) is 19.2 Å². The van der Waals surface area contributed by atoms with Crippen LogP contribution < -0.4 is 10.6 Å². The Morgan fingerprint density at radius 3 is 2.48 bits per heavy atom. The lowest BCUT2D eigenvalue weighted by molar-refractivity contribution is 0.312. The van der Waals surface area contributed by atoms with Crippen LogP contribution in [0.5, 0.6) is 0 Å². The summed E-state index contributed by atoms with van der Waals surface area (Å²) in [6.45, 7) is 4.11. The van der Waals surface area contributed by atoms with Gasteiger partial charge in [0.1, 0.15) is 5.82 Å². The molecule has 2 aromatic rings. The van der Waals surface area contributed by atoms with Crippen molar-refractivity contribution in [1.82, 2.24) is 19.9 Å². The molecule has 6 nitrogen and oxygen atoms in total. The second-order valence-electron chi connectivity index (χ2n) is 5.13. The number of likely N-dealkylation sites (N-methyl/N-ethyl adjacent to an activating group) is 1. The predicted molar refractivity (Wildman–Crippen MR) is 84.4 cm³/mol. The van der Waals surface area contributed by atoms with Gasteiger partial charge < -0.3 is 15.5 Å². The highest BCUT2D eigenvalue weighted by Crippen LogP contribution is 2.22. The number of pyridine rings is 1. The highest BCUT2D eigenvalue weighted by atomic mass is 35.5. The van der Waals surface area contributed by atoms with Crippen LogP contribution in [0.1, 0.15) is 0 Å². The van der Waals surface area contributed by atoms with Crippen LogP contribution in [-0.2, 0) is 0 Å². The van der Waals surface area contributed by atoms with Crippen LogP contribution in [0.4, 0.5) is 11.6 Å². The standard InChI is InChI=1S/C14H17ClN6/c1-20-4-6-21(7-5-20)12-3-2-10(8-17-12)11-9-18-13(15)14(16)19-11/h2-3,8-9H,4-7H2,1H3,(H2,16,19). The van der Waals surface area contributed by atoms with Crippen molar-refractivity contribution in [3.05, 3.63) is 29.7 Å². The molecule has 0 amide bonds. The Morgan fingerprint density at radius 2 is 1.86 bits per heavy atom. The van der Waals surface area contributed by atoms with E-state index in [1.807, 2.05) is 12.1 Å². The molecular formula is C14H17ClN6. The van der Waals surface area contributed by atoms with E-state index in [2.05, 4.69) is 31.8 Å². The van der Waals surface area contributed by atoms with Crippen molar-refractivity contribution in [3.63, 3.8) is 0 Å². The lowest BCUT2D eigenvalue weighted by Crippen LogP contribution is -2.44. The SMILES string of the molecule is CN1CCN(c2ccc(-c3cnc(Cl)c(N)n3)cn2)CC1. The second-order valence-corrected chi connectivity index (χ2v) is 5.48. The molecule has 0 atom stereocenters. The minimum atomic E-state index is 0.223. The fourth-order valence-corrected chi connectivity index (χ4v) is 2.38. The number of hydrogen-bond acceptors (Lipinski definition) is 6. The monoisotopic (exact) mass is 304 g/mol. The Hall–Kier alpha value is -1.92. The first-order chi connectivity index (χ1) is 10.1. The third kappa shape index (κ3) is 3.06. The van der Waals surface area contributed by atoms with Gasteiger partial charge >= 0.3 is 0 Å². The van der Waals surface area contributed by atoms with E-state index < -0.39 is 0 Å². The first kappa shape index (κ1) is 14.0. The third-order valence-corrected chi connectivity index (χ3v) is 3.91. The van der Waals surface area contributed by atoms with Gasteiger partial charge in [-0.1, -0.05) is 11.6 Å². The van der Waals surface area contributed by atoms with Crippen LogP contribution in [0.3, 0.4) is 0 Å². The highest BCUT2D eigenvalue weighted by Gasteiger charge is 2.15. The van der Waals surface area contributed by atoms with Gasteiger partial charge in [0.05, 0.1) is 11.9 Å². The Morgan fingerprint density at radius 1 is 1.10 bits per heavy atom. The average molecular weight is 305 g/mol. The molecule has 2 aromatic heterocycles. The van der Waals surface area contributed by atoms with Crippen LogP contribution in [0.2, 0.25) is 5.15 Å². The molecule has 1 fully saturated rings. The van der Waals surface area contributed by atoms with Crippen molar-refractivity contribution < 1.29 is 0 Å². The summed E-state index contributed by atoms with van der Waals surface area (Å²) in [5.41, 5.74) is 7.23. The van der Waals surface area contributed by atoms with Gasteiger partial charge in [-0.2, -0.15) is 0 Å². The van der Waals surface area contributed by atoms with E-state index in [4.69, 9.17) is 17.3 Å². The van der Waals surface area contributed by atoms with Gasteiger partial charge in [-0.3, -0.25) is 0 Å². The zero-order valence-corrected chi connectivity index (χ0v) is 12.6. The molecule has 0 unspecified atom stereocenters. The Labute approximate surface area is 128 Å². The number of nitrogen functional groups attached to an aromatic ring is 1. The van der Waals surface area contributed by atoms with E-state index in [0.29, 0.717) is 5.69 Å². The summed E-state index contributed by atoms with van der Waals surface area (Å²) in [5.74, 6) is 1.22. The molecule has 0 aromatic carbocycles. The van der Waals surface area contributed by atoms with Crippen molar-refractivity contribution in [3.8, 4) is 11.3 Å². The highest BCUT2D eigenvalue weighted by molar-refractivity contribution is 6.31. The summed E-state index contributed by atoms with van der Waals surface area (Å²) in [5, 5.41) is 0.223. The average Bonchev–Trinajstić information content (AvgIpc) is 2.51. The van der Waals surface area contributed by atoms with Gasteiger partial charge in [0.15, 0.2) is 11.0 Å². The number of halogens is 1. The minimum absolute atomic E-state index is 0.223. The maximum atomic E-state index is 5.78. The molecule has 0 saturated carbocycles. The lowest BCUT2D eigenvalue weighted by atomic mass is 10.2. The number of anilines is 2. The molecule has 0 aliphatic carbocycles. The molecule has 1 saturated heterocycles. The van der Waals surface area contributed by atoms with E-state index in [0.717, 1.165) is 37.6 Å². The Bertz CT molecular complexity index is 622. The van der Waals surface area contributed by atoms with Crippen LogP contribution in [0.15, 0.2) is 24.5 Å². The number of nitrogens with zero attached hydrogens (tertiary/aromatic N) is 5. The number of aromatic nitrogens is 3. The first-order valence-corrected chi connectivity index (χ1v) is 7.19. The molecule has 0 radical (unpaired) electrons. The van der Waals surface area contributed by atoms with Gasteiger partial charge in [-0.25, -0.2) is 15.0 Å². The number of hydrogen-bond donors (Lipinski definition) is 1. The zero-order chi connectivity index (χ0) is 14.8. The van der Waals surface area contributed by atoms with Crippen molar-refractivity contribution in [2.75, 3.05) is 43.9 Å². The molecule has 1 aliphatic rings.